The molecule has 1 unspecified atom stereocenters. The molecular formula is C20H21N5O5S. The van der Waals surface area contributed by atoms with Gasteiger partial charge in [0.25, 0.3) is 11.6 Å². The van der Waals surface area contributed by atoms with Crippen molar-refractivity contribution in [3.63, 3.8) is 0 Å². The van der Waals surface area contributed by atoms with Crippen LogP contribution in [-0.2, 0) is 9.84 Å². The number of rotatable bonds is 6. The summed E-state index contributed by atoms with van der Waals surface area (Å²) in [6.07, 6.45) is 1.13. The lowest BCUT2D eigenvalue weighted by Gasteiger charge is -2.25. The van der Waals surface area contributed by atoms with Crippen molar-refractivity contribution in [2.45, 2.75) is 24.8 Å². The minimum absolute atomic E-state index is 0.0939. The summed E-state index contributed by atoms with van der Waals surface area (Å²) >= 11 is 0. The third kappa shape index (κ3) is 4.45. The molecule has 0 bridgehead atoms. The van der Waals surface area contributed by atoms with Gasteiger partial charge in [-0.1, -0.05) is 23.4 Å². The molecule has 2 aromatic carbocycles. The maximum Gasteiger partial charge on any atom is 0.276 e. The monoisotopic (exact) mass is 443 g/mol. The first-order valence-electron chi connectivity index (χ1n) is 9.25. The van der Waals surface area contributed by atoms with Crippen molar-refractivity contribution in [3.05, 3.63) is 75.6 Å². The predicted molar refractivity (Wildman–Crippen MR) is 113 cm³/mol. The molecule has 0 aliphatic carbocycles. The van der Waals surface area contributed by atoms with Crippen LogP contribution in [0.25, 0.3) is 5.69 Å². The molecular weight excluding hydrogens is 422 g/mol. The largest absolute Gasteiger partial charge is 0.333 e. The molecule has 1 aromatic heterocycles. The van der Waals surface area contributed by atoms with E-state index in [1.54, 1.807) is 32.2 Å². The van der Waals surface area contributed by atoms with Gasteiger partial charge in [0.2, 0.25) is 0 Å². The molecule has 3 aromatic rings. The molecule has 1 amide bonds. The number of hydrogen-bond donors (Lipinski definition) is 0. The Labute approximate surface area is 179 Å². The second kappa shape index (κ2) is 8.26. The summed E-state index contributed by atoms with van der Waals surface area (Å²) < 4.78 is 24.6. The smallest absolute Gasteiger partial charge is 0.276 e. The van der Waals surface area contributed by atoms with Gasteiger partial charge in [-0.15, -0.1) is 5.10 Å². The molecule has 0 aliphatic heterocycles. The summed E-state index contributed by atoms with van der Waals surface area (Å²) in [5, 5.41) is 19.0. The topological polar surface area (TPSA) is 128 Å². The fourth-order valence-corrected chi connectivity index (χ4v) is 3.70. The quantitative estimate of drug-likeness (QED) is 0.423. The van der Waals surface area contributed by atoms with Crippen LogP contribution in [0.5, 0.6) is 0 Å². The second-order valence-corrected chi connectivity index (χ2v) is 9.16. The molecule has 1 atom stereocenters. The van der Waals surface area contributed by atoms with Crippen molar-refractivity contribution < 1.29 is 18.1 Å². The first kappa shape index (κ1) is 22.1. The number of carbonyl (C=O) groups is 1. The predicted octanol–water partition coefficient (Wildman–Crippen LogP) is 2.72. The highest BCUT2D eigenvalue weighted by atomic mass is 32.2. The van der Waals surface area contributed by atoms with Crippen molar-refractivity contribution in [3.8, 4) is 5.69 Å². The van der Waals surface area contributed by atoms with E-state index in [4.69, 9.17) is 0 Å². The fourth-order valence-electron chi connectivity index (χ4n) is 3.07. The zero-order valence-corrected chi connectivity index (χ0v) is 18.2. The number of hydrogen-bond acceptors (Lipinski definition) is 7. The number of sulfone groups is 1. The number of amides is 1. The molecule has 0 spiro atoms. The van der Waals surface area contributed by atoms with E-state index in [1.807, 2.05) is 6.92 Å². The summed E-state index contributed by atoms with van der Waals surface area (Å²) in [6, 6.07) is 11.9. The Morgan fingerprint density at radius 3 is 2.42 bits per heavy atom. The summed E-state index contributed by atoms with van der Waals surface area (Å²) in [5.74, 6) is -0.381. The molecule has 0 aliphatic rings. The Morgan fingerprint density at radius 1 is 1.19 bits per heavy atom. The van der Waals surface area contributed by atoms with E-state index < -0.39 is 14.8 Å². The van der Waals surface area contributed by atoms with Crippen molar-refractivity contribution in [1.82, 2.24) is 19.9 Å². The van der Waals surface area contributed by atoms with Crippen LogP contribution in [0.1, 0.15) is 34.7 Å². The average Bonchev–Trinajstić information content (AvgIpc) is 3.13. The van der Waals surface area contributed by atoms with Crippen molar-refractivity contribution in [1.29, 1.82) is 0 Å². The second-order valence-electron chi connectivity index (χ2n) is 7.15. The van der Waals surface area contributed by atoms with Gasteiger partial charge in [0.05, 0.1) is 27.2 Å². The Hall–Kier alpha value is -3.60. The van der Waals surface area contributed by atoms with Gasteiger partial charge < -0.3 is 4.90 Å². The van der Waals surface area contributed by atoms with E-state index in [0.29, 0.717) is 11.4 Å². The van der Waals surface area contributed by atoms with E-state index in [2.05, 4.69) is 10.3 Å². The van der Waals surface area contributed by atoms with E-state index in [-0.39, 0.29) is 28.2 Å². The number of nitro benzene ring substituents is 1. The average molecular weight is 443 g/mol. The van der Waals surface area contributed by atoms with Crippen LogP contribution >= 0.6 is 0 Å². The molecule has 162 valence electrons. The number of benzene rings is 2. The van der Waals surface area contributed by atoms with E-state index >= 15 is 0 Å². The highest BCUT2D eigenvalue weighted by Gasteiger charge is 2.25. The third-order valence-electron chi connectivity index (χ3n) is 5.07. The maximum absolute atomic E-state index is 13.0. The molecule has 0 radical (unpaired) electrons. The molecule has 11 heteroatoms. The van der Waals surface area contributed by atoms with Crippen molar-refractivity contribution in [2.75, 3.05) is 13.3 Å². The SMILES string of the molecule is Cc1c(C(=O)N(C)C(C)c2ccc(S(C)(=O)=O)cc2)nnn1-c1cccc([N+](=O)[O-])c1. The van der Waals surface area contributed by atoms with Gasteiger partial charge in [-0.2, -0.15) is 0 Å². The molecule has 0 fully saturated rings. The van der Waals surface area contributed by atoms with Gasteiger partial charge >= 0.3 is 0 Å². The fraction of sp³-hybridized carbons (Fsp3) is 0.250. The Kier molecular flexibility index (Phi) is 5.89. The van der Waals surface area contributed by atoms with Crippen LogP contribution in [0.2, 0.25) is 0 Å². The molecule has 0 N–H and O–H groups in total. The van der Waals surface area contributed by atoms with Gasteiger partial charge in [0.1, 0.15) is 0 Å². The number of carbonyl (C=O) groups excluding carboxylic acids is 1. The molecule has 3 rings (SSSR count). The first-order valence-corrected chi connectivity index (χ1v) is 11.1. The van der Waals surface area contributed by atoms with Gasteiger partial charge in [-0.25, -0.2) is 13.1 Å². The Balaban J connectivity index is 1.86. The van der Waals surface area contributed by atoms with Gasteiger partial charge in [0, 0.05) is 25.4 Å². The van der Waals surface area contributed by atoms with Crippen LogP contribution in [0, 0.1) is 17.0 Å². The van der Waals surface area contributed by atoms with Gasteiger partial charge in [0.15, 0.2) is 15.5 Å². The van der Waals surface area contributed by atoms with E-state index in [1.165, 1.54) is 39.9 Å². The van der Waals surface area contributed by atoms with Crippen molar-refractivity contribution in [2.24, 2.45) is 0 Å². The highest BCUT2D eigenvalue weighted by molar-refractivity contribution is 7.90. The molecule has 0 saturated heterocycles. The molecule has 1 heterocycles. The molecule has 0 saturated carbocycles. The summed E-state index contributed by atoms with van der Waals surface area (Å²) in [6.45, 7) is 3.47. The normalized spacial score (nSPS) is 12.4. The third-order valence-corrected chi connectivity index (χ3v) is 6.20. The van der Waals surface area contributed by atoms with Crippen LogP contribution in [0.15, 0.2) is 53.4 Å². The summed E-state index contributed by atoms with van der Waals surface area (Å²) in [7, 11) is -1.69. The van der Waals surface area contributed by atoms with E-state index in [9.17, 15) is 23.3 Å². The standard InChI is InChI=1S/C20H21N5O5S/c1-13(15-8-10-18(11-9-15)31(4,29)30)23(3)20(26)19-14(2)24(22-21-19)16-6-5-7-17(12-16)25(27)28/h5-13H,1-4H3. The van der Waals surface area contributed by atoms with Crippen molar-refractivity contribution >= 4 is 21.4 Å². The zero-order valence-electron chi connectivity index (χ0n) is 17.4. The lowest BCUT2D eigenvalue weighted by Crippen LogP contribution is -2.30. The van der Waals surface area contributed by atoms with Crippen LogP contribution in [0.3, 0.4) is 0 Å². The van der Waals surface area contributed by atoms with E-state index in [0.717, 1.165) is 11.8 Å². The number of aromatic nitrogens is 3. The molecule has 10 nitrogen and oxygen atoms in total. The lowest BCUT2D eigenvalue weighted by atomic mass is 10.1. The van der Waals surface area contributed by atoms with Crippen LogP contribution in [-0.4, -0.2) is 52.4 Å². The number of nitrogens with zero attached hydrogens (tertiary/aromatic N) is 5. The number of non-ortho nitro benzene ring substituents is 1. The zero-order chi connectivity index (χ0) is 22.9. The first-order chi connectivity index (χ1) is 14.5. The summed E-state index contributed by atoms with van der Waals surface area (Å²) in [4.78, 5) is 25.2. The minimum atomic E-state index is -3.31. The van der Waals surface area contributed by atoms with Crippen LogP contribution < -0.4 is 0 Å². The molecule has 31 heavy (non-hydrogen) atoms. The summed E-state index contributed by atoms with van der Waals surface area (Å²) in [5.41, 5.74) is 1.64. The van der Waals surface area contributed by atoms with Crippen LogP contribution in [0.4, 0.5) is 5.69 Å². The van der Waals surface area contributed by atoms with Gasteiger partial charge in [-0.3, -0.25) is 14.9 Å². The maximum atomic E-state index is 13.0. The number of nitro groups is 1. The lowest BCUT2D eigenvalue weighted by molar-refractivity contribution is -0.384. The minimum Gasteiger partial charge on any atom is -0.333 e. The van der Waals surface area contributed by atoms with Gasteiger partial charge in [-0.05, 0) is 37.6 Å². The highest BCUT2D eigenvalue weighted by Crippen LogP contribution is 2.24. The Bertz CT molecular complexity index is 1250. The Morgan fingerprint density at radius 2 is 1.84 bits per heavy atom.